The third kappa shape index (κ3) is 3.76. The summed E-state index contributed by atoms with van der Waals surface area (Å²) >= 11 is 1.65. The lowest BCUT2D eigenvalue weighted by molar-refractivity contribution is -0.137. The van der Waals surface area contributed by atoms with Crippen LogP contribution in [0.15, 0.2) is 42.7 Å². The van der Waals surface area contributed by atoms with E-state index in [9.17, 15) is 13.2 Å². The average Bonchev–Trinajstić information content (AvgIpc) is 2.54. The largest absolute Gasteiger partial charge is 0.416 e. The molecule has 2 heterocycles. The van der Waals surface area contributed by atoms with Crippen molar-refractivity contribution in [3.63, 3.8) is 0 Å². The van der Waals surface area contributed by atoms with Crippen molar-refractivity contribution in [2.75, 3.05) is 11.6 Å². The van der Waals surface area contributed by atoms with Gasteiger partial charge in [0.2, 0.25) is 5.95 Å². The van der Waals surface area contributed by atoms with Crippen molar-refractivity contribution in [3.05, 3.63) is 54.0 Å². The van der Waals surface area contributed by atoms with Gasteiger partial charge in [0.1, 0.15) is 0 Å². The number of nitrogens with zero attached hydrogens (tertiary/aromatic N) is 3. The van der Waals surface area contributed by atoms with Crippen LogP contribution in [-0.4, -0.2) is 21.2 Å². The second-order valence-electron chi connectivity index (χ2n) is 5.06. The Bertz CT molecular complexity index is 867. The number of hydrogen-bond acceptors (Lipinski definition) is 5. The van der Waals surface area contributed by atoms with Crippen LogP contribution in [0.25, 0.3) is 10.9 Å². The molecule has 0 spiro atoms. The summed E-state index contributed by atoms with van der Waals surface area (Å²) in [7, 11) is 0. The first kappa shape index (κ1) is 16.5. The van der Waals surface area contributed by atoms with Crippen molar-refractivity contribution in [1.29, 1.82) is 0 Å². The van der Waals surface area contributed by atoms with Gasteiger partial charge >= 0.3 is 6.18 Å². The number of fused-ring (bicyclic) bond motifs is 1. The van der Waals surface area contributed by atoms with Gasteiger partial charge in [-0.25, -0.2) is 9.97 Å². The molecule has 0 aliphatic carbocycles. The van der Waals surface area contributed by atoms with E-state index in [0.717, 1.165) is 29.3 Å². The predicted molar refractivity (Wildman–Crippen MR) is 89.3 cm³/mol. The van der Waals surface area contributed by atoms with E-state index in [0.29, 0.717) is 5.39 Å². The van der Waals surface area contributed by atoms with Crippen LogP contribution in [0.2, 0.25) is 0 Å². The smallest absolute Gasteiger partial charge is 0.324 e. The van der Waals surface area contributed by atoms with Crippen LogP contribution in [-0.2, 0) is 11.9 Å². The molecule has 0 bridgehead atoms. The molecule has 124 valence electrons. The van der Waals surface area contributed by atoms with Crippen LogP contribution < -0.4 is 5.32 Å². The second kappa shape index (κ2) is 6.64. The Labute approximate surface area is 140 Å². The molecule has 8 heteroatoms. The van der Waals surface area contributed by atoms with Gasteiger partial charge in [-0.2, -0.15) is 24.9 Å². The summed E-state index contributed by atoms with van der Waals surface area (Å²) in [5, 5.41) is 3.55. The number of alkyl halides is 3. The highest BCUT2D eigenvalue weighted by molar-refractivity contribution is 7.97. The number of pyridine rings is 1. The average molecular weight is 350 g/mol. The lowest BCUT2D eigenvalue weighted by Crippen LogP contribution is -2.05. The minimum absolute atomic E-state index is 0.237. The Morgan fingerprint density at radius 2 is 1.96 bits per heavy atom. The summed E-state index contributed by atoms with van der Waals surface area (Å²) in [6, 6.07) is 7.02. The minimum Gasteiger partial charge on any atom is -0.324 e. The maximum absolute atomic E-state index is 12.8. The van der Waals surface area contributed by atoms with Gasteiger partial charge in [-0.3, -0.25) is 4.98 Å². The van der Waals surface area contributed by atoms with Gasteiger partial charge in [0.15, 0.2) is 0 Å². The predicted octanol–water partition coefficient (Wildman–Crippen LogP) is 4.65. The minimum atomic E-state index is -4.40. The van der Waals surface area contributed by atoms with Crippen LogP contribution in [0.1, 0.15) is 11.3 Å². The van der Waals surface area contributed by atoms with Gasteiger partial charge in [-0.05, 0) is 30.5 Å². The van der Waals surface area contributed by atoms with Crippen LogP contribution in [0.4, 0.5) is 24.8 Å². The van der Waals surface area contributed by atoms with E-state index in [2.05, 4.69) is 20.3 Å². The number of rotatable bonds is 4. The van der Waals surface area contributed by atoms with E-state index >= 15 is 0 Å². The molecule has 0 fully saturated rings. The van der Waals surface area contributed by atoms with Gasteiger partial charge < -0.3 is 5.32 Å². The van der Waals surface area contributed by atoms with Crippen LogP contribution >= 0.6 is 11.8 Å². The first-order valence-electron chi connectivity index (χ1n) is 7.00. The molecule has 2 aromatic heterocycles. The zero-order valence-corrected chi connectivity index (χ0v) is 13.4. The highest BCUT2D eigenvalue weighted by Crippen LogP contribution is 2.31. The number of halogens is 3. The Balaban J connectivity index is 1.91. The van der Waals surface area contributed by atoms with Crippen LogP contribution in [0.5, 0.6) is 0 Å². The first-order chi connectivity index (χ1) is 11.5. The van der Waals surface area contributed by atoms with Gasteiger partial charge in [0, 0.05) is 29.2 Å². The monoisotopic (exact) mass is 350 g/mol. The number of aromatic nitrogens is 3. The summed E-state index contributed by atoms with van der Waals surface area (Å²) in [5.74, 6) is 1.01. The molecule has 4 nitrogen and oxygen atoms in total. The van der Waals surface area contributed by atoms with E-state index in [1.165, 1.54) is 12.3 Å². The first-order valence-corrected chi connectivity index (χ1v) is 8.40. The van der Waals surface area contributed by atoms with E-state index in [1.54, 1.807) is 24.0 Å². The van der Waals surface area contributed by atoms with E-state index in [-0.39, 0.29) is 11.5 Å². The topological polar surface area (TPSA) is 50.7 Å². The summed E-state index contributed by atoms with van der Waals surface area (Å²) in [6.45, 7) is 0. The van der Waals surface area contributed by atoms with Crippen molar-refractivity contribution in [3.8, 4) is 0 Å². The standard InChI is InChI=1S/C16H13F3N4S/c1-24-9-13-7-12(4-5-20-13)22-15-21-8-10-2-3-11(16(17,18)19)6-14(10)23-15/h2-8H,9H2,1H3,(H,20,21,22,23). The quantitative estimate of drug-likeness (QED) is 0.742. The fourth-order valence-corrected chi connectivity index (χ4v) is 2.63. The van der Waals surface area contributed by atoms with Gasteiger partial charge in [0.25, 0.3) is 0 Å². The summed E-state index contributed by atoms with van der Waals surface area (Å²) in [6.07, 6.45) is 0.739. The molecule has 0 aliphatic rings. The lowest BCUT2D eigenvalue weighted by Gasteiger charge is -2.09. The van der Waals surface area contributed by atoms with E-state index < -0.39 is 11.7 Å². The molecule has 0 aliphatic heterocycles. The summed E-state index contributed by atoms with van der Waals surface area (Å²) in [4.78, 5) is 12.5. The molecule has 24 heavy (non-hydrogen) atoms. The van der Waals surface area contributed by atoms with E-state index in [4.69, 9.17) is 0 Å². The molecule has 3 rings (SSSR count). The molecular formula is C16H13F3N4S. The normalized spacial score (nSPS) is 11.7. The van der Waals surface area contributed by atoms with Gasteiger partial charge in [-0.15, -0.1) is 0 Å². The molecule has 0 radical (unpaired) electrons. The zero-order valence-electron chi connectivity index (χ0n) is 12.6. The molecule has 0 saturated heterocycles. The molecule has 0 atom stereocenters. The summed E-state index contributed by atoms with van der Waals surface area (Å²) in [5.41, 5.74) is 1.14. The van der Waals surface area contributed by atoms with Crippen molar-refractivity contribution in [2.24, 2.45) is 0 Å². The number of hydrogen-bond donors (Lipinski definition) is 1. The third-order valence-electron chi connectivity index (χ3n) is 3.27. The lowest BCUT2D eigenvalue weighted by atomic mass is 10.1. The van der Waals surface area contributed by atoms with Crippen LogP contribution in [0.3, 0.4) is 0 Å². The third-order valence-corrected chi connectivity index (χ3v) is 3.86. The Morgan fingerprint density at radius 3 is 2.71 bits per heavy atom. The maximum atomic E-state index is 12.8. The Kier molecular flexibility index (Phi) is 4.57. The van der Waals surface area contributed by atoms with E-state index in [1.807, 2.05) is 12.3 Å². The SMILES string of the molecule is CSCc1cc(Nc2ncc3ccc(C(F)(F)F)cc3n2)ccn1. The van der Waals surface area contributed by atoms with Crippen molar-refractivity contribution >= 4 is 34.3 Å². The molecule has 0 amide bonds. The number of thioether (sulfide) groups is 1. The molecule has 0 saturated carbocycles. The highest BCUT2D eigenvalue weighted by Gasteiger charge is 2.30. The molecule has 1 aromatic carbocycles. The maximum Gasteiger partial charge on any atom is 0.416 e. The van der Waals surface area contributed by atoms with Crippen molar-refractivity contribution < 1.29 is 13.2 Å². The Morgan fingerprint density at radius 1 is 1.12 bits per heavy atom. The summed E-state index contributed by atoms with van der Waals surface area (Å²) < 4.78 is 38.4. The Hall–Kier alpha value is -2.35. The van der Waals surface area contributed by atoms with Crippen molar-refractivity contribution in [1.82, 2.24) is 15.0 Å². The molecule has 0 unspecified atom stereocenters. The van der Waals surface area contributed by atoms with Gasteiger partial charge in [-0.1, -0.05) is 6.07 Å². The zero-order chi connectivity index (χ0) is 17.2. The number of nitrogens with one attached hydrogen (secondary N) is 1. The molecule has 1 N–H and O–H groups in total. The second-order valence-corrected chi connectivity index (χ2v) is 5.92. The number of benzene rings is 1. The highest BCUT2D eigenvalue weighted by atomic mass is 32.2. The molecular weight excluding hydrogens is 337 g/mol. The fraction of sp³-hybridized carbons (Fsp3) is 0.188. The number of anilines is 2. The molecule has 3 aromatic rings. The van der Waals surface area contributed by atoms with Crippen LogP contribution in [0, 0.1) is 0 Å². The fourth-order valence-electron chi connectivity index (χ4n) is 2.17. The van der Waals surface area contributed by atoms with Gasteiger partial charge in [0.05, 0.1) is 16.8 Å². The van der Waals surface area contributed by atoms with Crippen molar-refractivity contribution in [2.45, 2.75) is 11.9 Å².